The van der Waals surface area contributed by atoms with Crippen LogP contribution in [0.1, 0.15) is 24.8 Å². The summed E-state index contributed by atoms with van der Waals surface area (Å²) in [5.74, 6) is 1.79. The molecule has 4 nitrogen and oxygen atoms in total. The summed E-state index contributed by atoms with van der Waals surface area (Å²) in [7, 11) is 1.66. The van der Waals surface area contributed by atoms with E-state index in [1.54, 1.807) is 19.6 Å². The van der Waals surface area contributed by atoms with Crippen LogP contribution in [0, 0.1) is 6.92 Å². The highest BCUT2D eigenvalue weighted by molar-refractivity contribution is 5.56. The maximum Gasteiger partial charge on any atom is 0.160 e. The highest BCUT2D eigenvalue weighted by Crippen LogP contribution is 2.24. The molecular weight excluding hydrogens is 240 g/mol. The number of methoxy groups -OCH3 is 1. The van der Waals surface area contributed by atoms with Gasteiger partial charge in [-0.1, -0.05) is 0 Å². The first-order chi connectivity index (χ1) is 9.19. The van der Waals surface area contributed by atoms with Gasteiger partial charge in [-0.2, -0.15) is 0 Å². The molecule has 0 aliphatic carbocycles. The van der Waals surface area contributed by atoms with Crippen LogP contribution in [-0.2, 0) is 6.42 Å². The number of hydrogen-bond donors (Lipinski definition) is 1. The lowest BCUT2D eigenvalue weighted by Gasteiger charge is -2.17. The lowest BCUT2D eigenvalue weighted by molar-refractivity contribution is 0.413. The number of ether oxygens (including phenoxy) is 1. The van der Waals surface area contributed by atoms with Gasteiger partial charge in [-0.3, -0.25) is 4.98 Å². The predicted molar refractivity (Wildman–Crippen MR) is 75.6 cm³/mol. The second kappa shape index (κ2) is 6.27. The number of anilines is 1. The quantitative estimate of drug-likeness (QED) is 0.864. The first kappa shape index (κ1) is 13.5. The summed E-state index contributed by atoms with van der Waals surface area (Å²) in [5, 5.41) is 3.46. The number of hydrogen-bond acceptors (Lipinski definition) is 4. The molecule has 0 spiro atoms. The molecule has 0 radical (unpaired) electrons. The first-order valence-corrected chi connectivity index (χ1v) is 6.48. The van der Waals surface area contributed by atoms with Crippen molar-refractivity contribution in [3.8, 4) is 5.75 Å². The molecular formula is C15H20N2O2. The normalized spacial score (nSPS) is 12.2. The van der Waals surface area contributed by atoms with Crippen LogP contribution in [-0.4, -0.2) is 18.1 Å². The van der Waals surface area contributed by atoms with E-state index in [4.69, 9.17) is 9.15 Å². The zero-order chi connectivity index (χ0) is 13.7. The van der Waals surface area contributed by atoms with E-state index >= 15 is 0 Å². The van der Waals surface area contributed by atoms with Crippen molar-refractivity contribution < 1.29 is 9.15 Å². The van der Waals surface area contributed by atoms with Crippen molar-refractivity contribution in [2.45, 2.75) is 32.7 Å². The maximum atomic E-state index is 5.34. The van der Waals surface area contributed by atoms with E-state index in [1.807, 2.05) is 25.1 Å². The Balaban J connectivity index is 1.94. The molecule has 19 heavy (non-hydrogen) atoms. The number of nitrogens with one attached hydrogen (secondary N) is 1. The topological polar surface area (TPSA) is 47.3 Å². The van der Waals surface area contributed by atoms with Crippen LogP contribution < -0.4 is 10.1 Å². The van der Waals surface area contributed by atoms with E-state index in [2.05, 4.69) is 17.2 Å². The van der Waals surface area contributed by atoms with Crippen molar-refractivity contribution in [3.63, 3.8) is 0 Å². The molecule has 0 bridgehead atoms. The molecule has 0 fully saturated rings. The van der Waals surface area contributed by atoms with Gasteiger partial charge in [0.1, 0.15) is 5.76 Å². The zero-order valence-electron chi connectivity index (χ0n) is 11.6. The molecule has 2 aromatic heterocycles. The van der Waals surface area contributed by atoms with Gasteiger partial charge in [-0.05, 0) is 38.5 Å². The maximum absolute atomic E-state index is 5.34. The van der Waals surface area contributed by atoms with E-state index in [9.17, 15) is 0 Å². The van der Waals surface area contributed by atoms with E-state index in [0.29, 0.717) is 6.04 Å². The van der Waals surface area contributed by atoms with E-state index in [-0.39, 0.29) is 0 Å². The van der Waals surface area contributed by atoms with Crippen LogP contribution in [0.15, 0.2) is 35.1 Å². The minimum absolute atomic E-state index is 0.334. The van der Waals surface area contributed by atoms with Gasteiger partial charge in [0, 0.05) is 18.2 Å². The molecule has 1 atom stereocenters. The van der Waals surface area contributed by atoms with Crippen LogP contribution in [0.25, 0.3) is 0 Å². The Morgan fingerprint density at radius 2 is 2.32 bits per heavy atom. The van der Waals surface area contributed by atoms with Gasteiger partial charge in [0.15, 0.2) is 5.75 Å². The molecule has 0 saturated heterocycles. The van der Waals surface area contributed by atoms with Gasteiger partial charge >= 0.3 is 0 Å². The monoisotopic (exact) mass is 260 g/mol. The summed E-state index contributed by atoms with van der Waals surface area (Å²) < 4.78 is 10.6. The first-order valence-electron chi connectivity index (χ1n) is 6.48. The molecule has 1 unspecified atom stereocenters. The lowest BCUT2D eigenvalue weighted by atomic mass is 10.1. The van der Waals surface area contributed by atoms with Crippen molar-refractivity contribution in [1.29, 1.82) is 0 Å². The van der Waals surface area contributed by atoms with Gasteiger partial charge in [-0.15, -0.1) is 0 Å². The summed E-state index contributed by atoms with van der Waals surface area (Å²) >= 11 is 0. The summed E-state index contributed by atoms with van der Waals surface area (Å²) in [6.07, 6.45) is 5.38. The molecule has 2 rings (SSSR count). The van der Waals surface area contributed by atoms with Crippen molar-refractivity contribution in [2.24, 2.45) is 0 Å². The summed E-state index contributed by atoms with van der Waals surface area (Å²) in [4.78, 5) is 4.22. The van der Waals surface area contributed by atoms with Crippen LogP contribution in [0.4, 0.5) is 5.69 Å². The van der Waals surface area contributed by atoms with E-state index in [0.717, 1.165) is 35.7 Å². The highest BCUT2D eigenvalue weighted by atomic mass is 16.5. The number of aromatic nitrogens is 1. The largest absolute Gasteiger partial charge is 0.493 e. The molecule has 2 aromatic rings. The zero-order valence-corrected chi connectivity index (χ0v) is 11.6. The number of furan rings is 1. The van der Waals surface area contributed by atoms with E-state index < -0.39 is 0 Å². The van der Waals surface area contributed by atoms with Crippen LogP contribution in [0.5, 0.6) is 5.75 Å². The lowest BCUT2D eigenvalue weighted by Crippen LogP contribution is -2.16. The number of nitrogens with zero attached hydrogens (tertiary/aromatic N) is 1. The Morgan fingerprint density at radius 3 is 3.00 bits per heavy atom. The molecule has 4 heteroatoms. The fraction of sp³-hybridized carbons (Fsp3) is 0.400. The Labute approximate surface area is 113 Å². The summed E-state index contributed by atoms with van der Waals surface area (Å²) in [5.41, 5.74) is 1.96. The third-order valence-electron chi connectivity index (χ3n) is 3.03. The second-order valence-electron chi connectivity index (χ2n) is 4.69. The smallest absolute Gasteiger partial charge is 0.160 e. The molecule has 0 aliphatic heterocycles. The number of rotatable bonds is 6. The Hall–Kier alpha value is -1.97. The minimum atomic E-state index is 0.334. The molecule has 0 amide bonds. The summed E-state index contributed by atoms with van der Waals surface area (Å²) in [6, 6.07) is 6.26. The number of pyridine rings is 1. The summed E-state index contributed by atoms with van der Waals surface area (Å²) in [6.45, 7) is 4.12. The van der Waals surface area contributed by atoms with Crippen LogP contribution in [0.2, 0.25) is 0 Å². The molecule has 0 saturated carbocycles. The standard InChI is InChI=1S/C15H20N2O2/c1-11(6-7-13-5-4-8-19-13)17-14-9-12(2)16-10-15(14)18-3/h4-5,8-11H,6-7H2,1-3H3,(H,16,17). The van der Waals surface area contributed by atoms with Crippen LogP contribution >= 0.6 is 0 Å². The van der Waals surface area contributed by atoms with Crippen molar-refractivity contribution in [3.05, 3.63) is 42.1 Å². The molecule has 2 heterocycles. The predicted octanol–water partition coefficient (Wildman–Crippen LogP) is 3.42. The van der Waals surface area contributed by atoms with Gasteiger partial charge in [0.05, 0.1) is 25.3 Å². The fourth-order valence-electron chi connectivity index (χ4n) is 1.97. The van der Waals surface area contributed by atoms with Gasteiger partial charge in [-0.25, -0.2) is 0 Å². The van der Waals surface area contributed by atoms with Crippen LogP contribution in [0.3, 0.4) is 0 Å². The minimum Gasteiger partial charge on any atom is -0.493 e. The van der Waals surface area contributed by atoms with Gasteiger partial charge in [0.2, 0.25) is 0 Å². The fourth-order valence-corrected chi connectivity index (χ4v) is 1.97. The highest BCUT2D eigenvalue weighted by Gasteiger charge is 2.08. The third-order valence-corrected chi connectivity index (χ3v) is 3.03. The third kappa shape index (κ3) is 3.74. The molecule has 1 N–H and O–H groups in total. The van der Waals surface area contributed by atoms with Crippen molar-refractivity contribution in [2.75, 3.05) is 12.4 Å². The van der Waals surface area contributed by atoms with Gasteiger partial charge < -0.3 is 14.5 Å². The molecule has 102 valence electrons. The van der Waals surface area contributed by atoms with Gasteiger partial charge in [0.25, 0.3) is 0 Å². The Kier molecular flexibility index (Phi) is 4.44. The second-order valence-corrected chi connectivity index (χ2v) is 4.69. The van der Waals surface area contributed by atoms with Crippen molar-refractivity contribution >= 4 is 5.69 Å². The molecule has 0 aliphatic rings. The Morgan fingerprint density at radius 1 is 1.47 bits per heavy atom. The average molecular weight is 260 g/mol. The SMILES string of the molecule is COc1cnc(C)cc1NC(C)CCc1ccco1. The van der Waals surface area contributed by atoms with E-state index in [1.165, 1.54) is 0 Å². The average Bonchev–Trinajstić information content (AvgIpc) is 2.90. The molecule has 0 aromatic carbocycles. The Bertz CT molecular complexity index is 509. The number of aryl methyl sites for hydroxylation is 2. The van der Waals surface area contributed by atoms with Crippen molar-refractivity contribution in [1.82, 2.24) is 4.98 Å².